The molecular formula is C13H16Cl2N2. The molecule has 17 heavy (non-hydrogen) atoms. The molecule has 0 bridgehead atoms. The molecule has 0 unspecified atom stereocenters. The van der Waals surface area contributed by atoms with E-state index in [1.807, 2.05) is 24.3 Å². The minimum Gasteiger partial charge on any atom is -0.314 e. The van der Waals surface area contributed by atoms with Crippen LogP contribution in [-0.4, -0.2) is 31.1 Å². The van der Waals surface area contributed by atoms with Crippen molar-refractivity contribution >= 4 is 23.2 Å². The van der Waals surface area contributed by atoms with Crippen molar-refractivity contribution in [3.05, 3.63) is 46.5 Å². The maximum absolute atomic E-state index is 6.25. The summed E-state index contributed by atoms with van der Waals surface area (Å²) in [6.07, 6.45) is 1.92. The average Bonchev–Trinajstić information content (AvgIpc) is 2.35. The van der Waals surface area contributed by atoms with Gasteiger partial charge in [-0.25, -0.2) is 0 Å². The molecule has 1 aromatic carbocycles. The van der Waals surface area contributed by atoms with Gasteiger partial charge < -0.3 is 5.32 Å². The number of halogens is 2. The Kier molecular flexibility index (Phi) is 4.46. The molecule has 92 valence electrons. The van der Waals surface area contributed by atoms with Crippen molar-refractivity contribution in [1.82, 2.24) is 10.2 Å². The van der Waals surface area contributed by atoms with Gasteiger partial charge in [-0.2, -0.15) is 0 Å². The molecule has 1 aromatic rings. The van der Waals surface area contributed by atoms with Crippen LogP contribution >= 0.6 is 23.2 Å². The summed E-state index contributed by atoms with van der Waals surface area (Å²) in [4.78, 5) is 2.34. The molecule has 1 atom stereocenters. The van der Waals surface area contributed by atoms with Crippen molar-refractivity contribution in [2.24, 2.45) is 0 Å². The summed E-state index contributed by atoms with van der Waals surface area (Å²) >= 11 is 12.5. The molecule has 0 spiro atoms. The molecular weight excluding hydrogens is 255 g/mol. The third kappa shape index (κ3) is 2.83. The van der Waals surface area contributed by atoms with Gasteiger partial charge in [0.25, 0.3) is 0 Å². The maximum atomic E-state index is 6.25. The summed E-state index contributed by atoms with van der Waals surface area (Å²) in [5.41, 5.74) is 0.965. The first-order valence-electron chi connectivity index (χ1n) is 5.75. The third-order valence-electron chi connectivity index (χ3n) is 3.06. The molecule has 1 aliphatic rings. The highest BCUT2D eigenvalue weighted by Gasteiger charge is 2.23. The molecule has 0 aromatic heterocycles. The smallest absolute Gasteiger partial charge is 0.0559 e. The summed E-state index contributed by atoms with van der Waals surface area (Å²) in [6.45, 7) is 7.87. The van der Waals surface area contributed by atoms with E-state index >= 15 is 0 Å². The largest absolute Gasteiger partial charge is 0.314 e. The van der Waals surface area contributed by atoms with E-state index in [2.05, 4.69) is 16.8 Å². The Morgan fingerprint density at radius 2 is 1.82 bits per heavy atom. The van der Waals surface area contributed by atoms with Crippen LogP contribution < -0.4 is 5.32 Å². The Hall–Kier alpha value is -0.540. The molecule has 1 saturated heterocycles. The summed E-state index contributed by atoms with van der Waals surface area (Å²) in [5, 5.41) is 4.75. The molecule has 1 N–H and O–H groups in total. The number of hydrogen-bond acceptors (Lipinski definition) is 2. The van der Waals surface area contributed by atoms with E-state index < -0.39 is 0 Å². The van der Waals surface area contributed by atoms with Gasteiger partial charge in [0.2, 0.25) is 0 Å². The van der Waals surface area contributed by atoms with Crippen LogP contribution in [0.3, 0.4) is 0 Å². The van der Waals surface area contributed by atoms with Crippen LogP contribution in [0, 0.1) is 0 Å². The zero-order valence-electron chi connectivity index (χ0n) is 9.63. The number of hydrogen-bond donors (Lipinski definition) is 1. The summed E-state index contributed by atoms with van der Waals surface area (Å²) < 4.78 is 0. The van der Waals surface area contributed by atoms with Gasteiger partial charge in [0, 0.05) is 41.8 Å². The van der Waals surface area contributed by atoms with Crippen molar-refractivity contribution in [1.29, 1.82) is 0 Å². The zero-order chi connectivity index (χ0) is 12.3. The Morgan fingerprint density at radius 1 is 1.24 bits per heavy atom. The van der Waals surface area contributed by atoms with E-state index in [-0.39, 0.29) is 6.04 Å². The fourth-order valence-electron chi connectivity index (χ4n) is 2.20. The van der Waals surface area contributed by atoms with Crippen molar-refractivity contribution in [3.8, 4) is 0 Å². The first kappa shape index (κ1) is 12.9. The first-order valence-corrected chi connectivity index (χ1v) is 6.51. The highest BCUT2D eigenvalue weighted by molar-refractivity contribution is 6.36. The van der Waals surface area contributed by atoms with Gasteiger partial charge in [-0.3, -0.25) is 4.90 Å². The molecule has 1 fully saturated rings. The number of rotatable bonds is 3. The van der Waals surface area contributed by atoms with Crippen LogP contribution in [0.5, 0.6) is 0 Å². The predicted octanol–water partition coefficient (Wildman–Crippen LogP) is 3.13. The normalized spacial score (nSPS) is 18.9. The van der Waals surface area contributed by atoms with Crippen molar-refractivity contribution < 1.29 is 0 Å². The second-order valence-corrected chi connectivity index (χ2v) is 4.92. The van der Waals surface area contributed by atoms with Crippen LogP contribution in [0.4, 0.5) is 0 Å². The Labute approximate surface area is 112 Å². The van der Waals surface area contributed by atoms with Gasteiger partial charge in [0.15, 0.2) is 0 Å². The molecule has 0 radical (unpaired) electrons. The van der Waals surface area contributed by atoms with E-state index in [1.165, 1.54) is 0 Å². The molecule has 1 aliphatic heterocycles. The summed E-state index contributed by atoms with van der Waals surface area (Å²) in [5.74, 6) is 0. The summed E-state index contributed by atoms with van der Waals surface area (Å²) in [7, 11) is 0. The highest BCUT2D eigenvalue weighted by atomic mass is 35.5. The highest BCUT2D eigenvalue weighted by Crippen LogP contribution is 2.34. The van der Waals surface area contributed by atoms with E-state index in [4.69, 9.17) is 23.2 Å². The topological polar surface area (TPSA) is 15.3 Å². The SMILES string of the molecule is C=C[C@H](c1c(Cl)cccc1Cl)N1CCNCC1. The van der Waals surface area contributed by atoms with Crippen LogP contribution in [-0.2, 0) is 0 Å². The van der Waals surface area contributed by atoms with Gasteiger partial charge in [-0.15, -0.1) is 6.58 Å². The fraction of sp³-hybridized carbons (Fsp3) is 0.385. The molecule has 2 rings (SSSR count). The second kappa shape index (κ2) is 5.87. The number of benzene rings is 1. The minimum atomic E-state index is 0.0956. The standard InChI is InChI=1S/C13H16Cl2N2/c1-2-12(17-8-6-16-7-9-17)13-10(14)4-3-5-11(13)15/h2-5,12,16H,1,6-9H2/t12-/m1/s1. The Balaban J connectivity index is 2.31. The quantitative estimate of drug-likeness (QED) is 0.850. The zero-order valence-corrected chi connectivity index (χ0v) is 11.1. The van der Waals surface area contributed by atoms with Crippen molar-refractivity contribution in [3.63, 3.8) is 0 Å². The lowest BCUT2D eigenvalue weighted by atomic mass is 10.0. The third-order valence-corrected chi connectivity index (χ3v) is 3.72. The Bertz CT molecular complexity index is 380. The lowest BCUT2D eigenvalue weighted by molar-refractivity contribution is 0.203. The van der Waals surface area contributed by atoms with Gasteiger partial charge in [0.1, 0.15) is 0 Å². The molecule has 0 aliphatic carbocycles. The monoisotopic (exact) mass is 270 g/mol. The maximum Gasteiger partial charge on any atom is 0.0559 e. The molecule has 0 amide bonds. The van der Waals surface area contributed by atoms with Gasteiger partial charge in [0.05, 0.1) is 6.04 Å². The second-order valence-electron chi connectivity index (χ2n) is 4.10. The van der Waals surface area contributed by atoms with Crippen LogP contribution in [0.15, 0.2) is 30.9 Å². The van der Waals surface area contributed by atoms with E-state index in [0.717, 1.165) is 31.7 Å². The predicted molar refractivity (Wildman–Crippen MR) is 73.8 cm³/mol. The van der Waals surface area contributed by atoms with Gasteiger partial charge in [-0.1, -0.05) is 35.3 Å². The van der Waals surface area contributed by atoms with Crippen molar-refractivity contribution in [2.45, 2.75) is 6.04 Å². The van der Waals surface area contributed by atoms with E-state index in [1.54, 1.807) is 0 Å². The van der Waals surface area contributed by atoms with E-state index in [0.29, 0.717) is 10.0 Å². The lowest BCUT2D eigenvalue weighted by Gasteiger charge is -2.34. The molecule has 0 saturated carbocycles. The van der Waals surface area contributed by atoms with Gasteiger partial charge in [-0.05, 0) is 12.1 Å². The molecule has 4 heteroatoms. The molecule has 1 heterocycles. The lowest BCUT2D eigenvalue weighted by Crippen LogP contribution is -2.44. The van der Waals surface area contributed by atoms with Gasteiger partial charge >= 0.3 is 0 Å². The van der Waals surface area contributed by atoms with Crippen LogP contribution in [0.1, 0.15) is 11.6 Å². The van der Waals surface area contributed by atoms with Crippen molar-refractivity contribution in [2.75, 3.05) is 26.2 Å². The van der Waals surface area contributed by atoms with Crippen LogP contribution in [0.2, 0.25) is 10.0 Å². The Morgan fingerprint density at radius 3 is 2.35 bits per heavy atom. The van der Waals surface area contributed by atoms with Crippen LogP contribution in [0.25, 0.3) is 0 Å². The summed E-state index contributed by atoms with van der Waals surface area (Å²) in [6, 6.07) is 5.72. The minimum absolute atomic E-state index is 0.0956. The fourth-order valence-corrected chi connectivity index (χ4v) is 2.82. The first-order chi connectivity index (χ1) is 8.24. The molecule has 2 nitrogen and oxygen atoms in total. The number of nitrogens with one attached hydrogen (secondary N) is 1. The van der Waals surface area contributed by atoms with E-state index in [9.17, 15) is 0 Å². The average molecular weight is 271 g/mol. The number of piperazine rings is 1. The number of nitrogens with zero attached hydrogens (tertiary/aromatic N) is 1.